The van der Waals surface area contributed by atoms with Gasteiger partial charge in [-0.3, -0.25) is 14.4 Å². The number of hydrogen-bond acceptors (Lipinski definition) is 4. The Bertz CT molecular complexity index is 660. The number of fused-ring (bicyclic) bond motifs is 5. The van der Waals surface area contributed by atoms with Crippen molar-refractivity contribution >= 4 is 11.7 Å². The zero-order valence-corrected chi connectivity index (χ0v) is 16.5. The molecule has 0 aromatic rings. The molecular formula is C21H32N2O3. The lowest BCUT2D eigenvalue weighted by atomic mass is 9.50. The predicted molar refractivity (Wildman–Crippen MR) is 98.7 cm³/mol. The molecule has 144 valence electrons. The Morgan fingerprint density at radius 2 is 2.00 bits per heavy atom. The van der Waals surface area contributed by atoms with Crippen LogP contribution < -0.4 is 5.32 Å². The van der Waals surface area contributed by atoms with Gasteiger partial charge in [0.2, 0.25) is 5.91 Å². The van der Waals surface area contributed by atoms with Gasteiger partial charge < -0.3 is 5.32 Å². The van der Waals surface area contributed by atoms with Crippen LogP contribution in [0.25, 0.3) is 0 Å². The van der Waals surface area contributed by atoms with Crippen molar-refractivity contribution < 1.29 is 14.4 Å². The van der Waals surface area contributed by atoms with Crippen LogP contribution in [-0.4, -0.2) is 37.5 Å². The summed E-state index contributed by atoms with van der Waals surface area (Å²) in [6.45, 7) is 5.64. The van der Waals surface area contributed by atoms with Gasteiger partial charge in [0.05, 0.1) is 7.11 Å². The first-order chi connectivity index (χ1) is 12.3. The highest BCUT2D eigenvalue weighted by Crippen LogP contribution is 2.64. The number of amides is 1. The number of nitrogens with one attached hydrogen (secondary N) is 1. The van der Waals surface area contributed by atoms with Gasteiger partial charge in [-0.1, -0.05) is 13.8 Å². The lowest BCUT2D eigenvalue weighted by Crippen LogP contribution is -2.57. The lowest BCUT2D eigenvalue weighted by molar-refractivity contribution is -0.179. The van der Waals surface area contributed by atoms with E-state index < -0.39 is 0 Å². The maximum absolute atomic E-state index is 12.9. The van der Waals surface area contributed by atoms with Crippen LogP contribution in [0, 0.1) is 34.5 Å². The number of hydroxylamine groups is 2. The normalized spacial score (nSPS) is 44.3. The fraction of sp³-hybridized carbons (Fsp3) is 0.810. The predicted octanol–water partition coefficient (Wildman–Crippen LogP) is 2.92. The van der Waals surface area contributed by atoms with Crippen molar-refractivity contribution in [2.45, 2.75) is 52.4 Å². The second kappa shape index (κ2) is 6.08. The van der Waals surface area contributed by atoms with Crippen LogP contribution in [-0.2, 0) is 14.4 Å². The SMILES string of the molecule is CON(C)C(=O)[C@H]1CCC2C3CNC4=CC(=O)CC[C@]4(C)C3CC[C@@]21C. The second-order valence-corrected chi connectivity index (χ2v) is 9.39. The number of rotatable bonds is 2. The zero-order chi connectivity index (χ0) is 18.7. The van der Waals surface area contributed by atoms with E-state index >= 15 is 0 Å². The summed E-state index contributed by atoms with van der Waals surface area (Å²) < 4.78 is 0. The fourth-order valence-corrected chi connectivity index (χ4v) is 6.86. The summed E-state index contributed by atoms with van der Waals surface area (Å²) in [6.07, 6.45) is 7.85. The van der Waals surface area contributed by atoms with E-state index in [4.69, 9.17) is 4.84 Å². The van der Waals surface area contributed by atoms with Gasteiger partial charge in [0.15, 0.2) is 5.78 Å². The fourth-order valence-electron chi connectivity index (χ4n) is 6.86. The molecule has 1 saturated heterocycles. The first-order valence-corrected chi connectivity index (χ1v) is 10.1. The Morgan fingerprint density at radius 1 is 1.23 bits per heavy atom. The van der Waals surface area contributed by atoms with Crippen molar-refractivity contribution in [1.82, 2.24) is 10.4 Å². The van der Waals surface area contributed by atoms with Gasteiger partial charge in [-0.2, -0.15) is 0 Å². The molecule has 0 radical (unpaired) electrons. The van der Waals surface area contributed by atoms with Gasteiger partial charge in [-0.15, -0.1) is 0 Å². The average Bonchev–Trinajstić information content (AvgIpc) is 2.98. The summed E-state index contributed by atoms with van der Waals surface area (Å²) in [4.78, 5) is 29.9. The summed E-state index contributed by atoms with van der Waals surface area (Å²) in [6, 6.07) is 0. The molecule has 4 aliphatic rings. The molecule has 0 aromatic heterocycles. The number of carbonyl (C=O) groups is 2. The topological polar surface area (TPSA) is 58.6 Å². The zero-order valence-electron chi connectivity index (χ0n) is 16.5. The van der Waals surface area contributed by atoms with Gasteiger partial charge in [0.1, 0.15) is 0 Å². The molecule has 5 heteroatoms. The van der Waals surface area contributed by atoms with Gasteiger partial charge in [0.25, 0.3) is 0 Å². The Hall–Kier alpha value is -1.36. The second-order valence-electron chi connectivity index (χ2n) is 9.39. The van der Waals surface area contributed by atoms with Crippen molar-refractivity contribution in [3.63, 3.8) is 0 Å². The molecule has 1 N–H and O–H groups in total. The van der Waals surface area contributed by atoms with Crippen LogP contribution in [0.4, 0.5) is 0 Å². The van der Waals surface area contributed by atoms with Crippen LogP contribution in [0.2, 0.25) is 0 Å². The third-order valence-electron chi connectivity index (χ3n) is 8.48. The largest absolute Gasteiger partial charge is 0.387 e. The molecule has 4 rings (SSSR count). The van der Waals surface area contributed by atoms with Crippen molar-refractivity contribution in [1.29, 1.82) is 0 Å². The highest BCUT2D eigenvalue weighted by Gasteiger charge is 2.60. The molecule has 26 heavy (non-hydrogen) atoms. The molecule has 1 heterocycles. The van der Waals surface area contributed by atoms with Gasteiger partial charge in [-0.05, 0) is 55.3 Å². The van der Waals surface area contributed by atoms with Crippen molar-refractivity contribution in [3.05, 3.63) is 11.8 Å². The molecule has 3 aliphatic carbocycles. The average molecular weight is 360 g/mol. The molecule has 5 nitrogen and oxygen atoms in total. The minimum absolute atomic E-state index is 0.0643. The van der Waals surface area contributed by atoms with E-state index in [1.807, 2.05) is 6.08 Å². The Balaban J connectivity index is 1.61. The van der Waals surface area contributed by atoms with Crippen molar-refractivity contribution in [2.24, 2.45) is 34.5 Å². The Labute approximate surface area is 156 Å². The molecule has 0 aromatic carbocycles. The van der Waals surface area contributed by atoms with E-state index in [0.717, 1.165) is 38.6 Å². The Morgan fingerprint density at radius 3 is 2.73 bits per heavy atom. The molecule has 6 atom stereocenters. The third kappa shape index (κ3) is 2.39. The molecule has 0 spiro atoms. The maximum atomic E-state index is 12.9. The van der Waals surface area contributed by atoms with Crippen LogP contribution in [0.5, 0.6) is 0 Å². The van der Waals surface area contributed by atoms with Gasteiger partial charge in [-0.25, -0.2) is 5.06 Å². The van der Waals surface area contributed by atoms with Crippen LogP contribution >= 0.6 is 0 Å². The number of piperidine rings is 1. The maximum Gasteiger partial charge on any atom is 0.249 e. The lowest BCUT2D eigenvalue weighted by Gasteiger charge is -2.58. The number of nitrogens with zero attached hydrogens (tertiary/aromatic N) is 1. The van der Waals surface area contributed by atoms with Crippen LogP contribution in [0.3, 0.4) is 0 Å². The van der Waals surface area contributed by atoms with E-state index in [0.29, 0.717) is 24.2 Å². The third-order valence-corrected chi connectivity index (χ3v) is 8.48. The summed E-state index contributed by atoms with van der Waals surface area (Å²) in [5.74, 6) is 2.25. The van der Waals surface area contributed by atoms with E-state index in [-0.39, 0.29) is 28.4 Å². The van der Waals surface area contributed by atoms with Crippen LogP contribution in [0.15, 0.2) is 11.8 Å². The number of carbonyl (C=O) groups excluding carboxylic acids is 2. The van der Waals surface area contributed by atoms with Gasteiger partial charge >= 0.3 is 0 Å². The molecule has 3 fully saturated rings. The highest BCUT2D eigenvalue weighted by molar-refractivity contribution is 5.91. The van der Waals surface area contributed by atoms with E-state index in [2.05, 4.69) is 19.2 Å². The summed E-state index contributed by atoms with van der Waals surface area (Å²) >= 11 is 0. The smallest absolute Gasteiger partial charge is 0.249 e. The van der Waals surface area contributed by atoms with Crippen LogP contribution in [0.1, 0.15) is 52.4 Å². The minimum Gasteiger partial charge on any atom is -0.387 e. The monoisotopic (exact) mass is 360 g/mol. The number of ketones is 1. The molecule has 1 amide bonds. The molecular weight excluding hydrogens is 328 g/mol. The number of hydrogen-bond donors (Lipinski definition) is 1. The molecule has 1 aliphatic heterocycles. The van der Waals surface area contributed by atoms with Crippen molar-refractivity contribution in [2.75, 3.05) is 20.7 Å². The number of allylic oxidation sites excluding steroid dienone is 2. The van der Waals surface area contributed by atoms with Gasteiger partial charge in [0, 0.05) is 43.1 Å². The molecule has 3 unspecified atom stereocenters. The van der Waals surface area contributed by atoms with E-state index in [1.54, 1.807) is 14.2 Å². The Kier molecular flexibility index (Phi) is 4.22. The first kappa shape index (κ1) is 18.0. The summed E-state index contributed by atoms with van der Waals surface area (Å²) in [5, 5.41) is 5.03. The molecule has 0 bridgehead atoms. The minimum atomic E-state index is 0.0643. The summed E-state index contributed by atoms with van der Waals surface area (Å²) in [5.41, 5.74) is 1.33. The van der Waals surface area contributed by atoms with E-state index in [1.165, 1.54) is 10.8 Å². The quantitative estimate of drug-likeness (QED) is 0.769. The molecule has 2 saturated carbocycles. The first-order valence-electron chi connectivity index (χ1n) is 10.1. The standard InChI is InChI=1S/C21H32N2O3/c1-20-10-8-16-14(12-22-18-11-13(24)7-9-21(16,18)2)15(20)5-6-17(20)19(25)23(3)26-4/h11,14-17,22H,5-10,12H2,1-4H3/t14?,15?,16?,17-,20+,21-/m1/s1. The van der Waals surface area contributed by atoms with E-state index in [9.17, 15) is 9.59 Å². The summed E-state index contributed by atoms with van der Waals surface area (Å²) in [7, 11) is 3.29. The van der Waals surface area contributed by atoms with Crippen molar-refractivity contribution in [3.8, 4) is 0 Å². The highest BCUT2D eigenvalue weighted by atomic mass is 16.7.